The summed E-state index contributed by atoms with van der Waals surface area (Å²) in [5.41, 5.74) is 0.819. The number of halogens is 3. The number of carbonyl (C=O) groups is 1. The zero-order valence-electron chi connectivity index (χ0n) is 9.72. The predicted octanol–water partition coefficient (Wildman–Crippen LogP) is 3.92. The third kappa shape index (κ3) is 3.96. The highest BCUT2D eigenvalue weighted by Gasteiger charge is 2.43. The van der Waals surface area contributed by atoms with E-state index >= 15 is 0 Å². The molecule has 0 saturated carbocycles. The van der Waals surface area contributed by atoms with Crippen molar-refractivity contribution in [3.05, 3.63) is 22.2 Å². The second-order valence-electron chi connectivity index (χ2n) is 2.72. The molecule has 0 saturated heterocycles. The molecule has 1 aromatic carbocycles. The van der Waals surface area contributed by atoms with Crippen molar-refractivity contribution in [2.24, 2.45) is 0 Å². The van der Waals surface area contributed by atoms with E-state index in [0.29, 0.717) is 4.47 Å². The lowest BCUT2D eigenvalue weighted by Crippen LogP contribution is -2.25. The largest absolute Gasteiger partial charge is 0.586 e. The number of hydrogen-bond acceptors (Lipinski definition) is 3. The summed E-state index contributed by atoms with van der Waals surface area (Å²) >= 11 is 3.21. The molecule has 17 heavy (non-hydrogen) atoms. The van der Waals surface area contributed by atoms with Crippen molar-refractivity contribution in [1.82, 2.24) is 0 Å². The normalized spacial score (nSPS) is 14.0. The average molecular weight is 311 g/mol. The standard InChI is InChI=1S/C8H5BrF2O2.C2H6.CH2O/c1-4-2-6-7(3-5(4)9)13-8(10,11)12-6;2*1-2/h2-3H,1H3;1-2H3;1H2. The highest BCUT2D eigenvalue weighted by Crippen LogP contribution is 2.43. The van der Waals surface area contributed by atoms with Crippen molar-refractivity contribution in [2.75, 3.05) is 0 Å². The molecule has 0 bridgehead atoms. The maximum atomic E-state index is 12.5. The Morgan fingerprint density at radius 1 is 1.18 bits per heavy atom. The van der Waals surface area contributed by atoms with Crippen molar-refractivity contribution < 1.29 is 23.0 Å². The molecule has 0 aliphatic carbocycles. The van der Waals surface area contributed by atoms with E-state index in [2.05, 4.69) is 25.4 Å². The Hall–Kier alpha value is -1.17. The van der Waals surface area contributed by atoms with Crippen LogP contribution in [0.15, 0.2) is 16.6 Å². The van der Waals surface area contributed by atoms with Crippen LogP contribution in [0, 0.1) is 6.92 Å². The highest BCUT2D eigenvalue weighted by molar-refractivity contribution is 9.10. The zero-order valence-corrected chi connectivity index (χ0v) is 11.3. The molecular formula is C11H13BrF2O3. The fourth-order valence-corrected chi connectivity index (χ4v) is 1.40. The summed E-state index contributed by atoms with van der Waals surface area (Å²) in [7, 11) is 0. The van der Waals surface area contributed by atoms with E-state index in [4.69, 9.17) is 4.79 Å². The van der Waals surface area contributed by atoms with Gasteiger partial charge in [0.2, 0.25) is 0 Å². The molecule has 1 aliphatic rings. The summed E-state index contributed by atoms with van der Waals surface area (Å²) in [5, 5.41) is 0. The van der Waals surface area contributed by atoms with E-state index < -0.39 is 6.29 Å². The van der Waals surface area contributed by atoms with Crippen LogP contribution in [0.2, 0.25) is 0 Å². The Labute approximate surface area is 107 Å². The minimum absolute atomic E-state index is 0.0578. The molecule has 0 radical (unpaired) electrons. The number of fused-ring (bicyclic) bond motifs is 1. The summed E-state index contributed by atoms with van der Waals surface area (Å²) in [6.45, 7) is 7.78. The molecule has 6 heteroatoms. The van der Waals surface area contributed by atoms with Gasteiger partial charge >= 0.3 is 6.29 Å². The molecule has 0 fully saturated rings. The third-order valence-electron chi connectivity index (χ3n) is 1.68. The number of alkyl halides is 2. The minimum atomic E-state index is -3.53. The van der Waals surface area contributed by atoms with Crippen LogP contribution < -0.4 is 9.47 Å². The number of rotatable bonds is 0. The van der Waals surface area contributed by atoms with E-state index in [-0.39, 0.29) is 11.5 Å². The number of aryl methyl sites for hydroxylation is 1. The number of benzene rings is 1. The van der Waals surface area contributed by atoms with E-state index in [1.165, 1.54) is 12.1 Å². The molecule has 1 aliphatic heterocycles. The molecule has 0 amide bonds. The van der Waals surface area contributed by atoms with Gasteiger partial charge < -0.3 is 14.3 Å². The average Bonchev–Trinajstić information content (AvgIpc) is 2.58. The van der Waals surface area contributed by atoms with Gasteiger partial charge in [0.1, 0.15) is 6.79 Å². The Morgan fingerprint density at radius 3 is 2.06 bits per heavy atom. The van der Waals surface area contributed by atoms with E-state index in [1.807, 2.05) is 20.6 Å². The fraction of sp³-hybridized carbons (Fsp3) is 0.364. The van der Waals surface area contributed by atoms with E-state index in [0.717, 1.165) is 5.56 Å². The maximum absolute atomic E-state index is 12.5. The molecule has 0 atom stereocenters. The Balaban J connectivity index is 0.000000581. The molecule has 96 valence electrons. The lowest BCUT2D eigenvalue weighted by Gasteiger charge is -2.04. The van der Waals surface area contributed by atoms with Crippen LogP contribution >= 0.6 is 15.9 Å². The molecule has 1 aromatic rings. The first-order valence-corrected chi connectivity index (χ1v) is 5.62. The van der Waals surface area contributed by atoms with Crippen molar-refractivity contribution in [1.29, 1.82) is 0 Å². The first-order chi connectivity index (χ1) is 7.98. The molecule has 0 spiro atoms. The van der Waals surface area contributed by atoms with Crippen molar-refractivity contribution in [2.45, 2.75) is 27.1 Å². The molecule has 1 heterocycles. The smallest absolute Gasteiger partial charge is 0.395 e. The summed E-state index contributed by atoms with van der Waals surface area (Å²) in [5.74, 6) is 0.133. The van der Waals surface area contributed by atoms with Crippen LogP contribution in [0.3, 0.4) is 0 Å². The van der Waals surface area contributed by atoms with Crippen LogP contribution in [-0.4, -0.2) is 13.1 Å². The van der Waals surface area contributed by atoms with Crippen LogP contribution in [0.1, 0.15) is 19.4 Å². The lowest BCUT2D eigenvalue weighted by molar-refractivity contribution is -0.286. The van der Waals surface area contributed by atoms with Gasteiger partial charge in [0, 0.05) is 4.47 Å². The SMILES string of the molecule is C=O.CC.Cc1cc2c(cc1Br)OC(F)(F)O2. The summed E-state index contributed by atoms with van der Waals surface area (Å²) < 4.78 is 34.3. The van der Waals surface area contributed by atoms with Crippen molar-refractivity contribution in [3.8, 4) is 11.5 Å². The lowest BCUT2D eigenvalue weighted by atomic mass is 10.2. The number of carbonyl (C=O) groups excluding carboxylic acids is 1. The number of ether oxygens (including phenoxy) is 2. The second-order valence-corrected chi connectivity index (χ2v) is 3.57. The molecular weight excluding hydrogens is 298 g/mol. The van der Waals surface area contributed by atoms with Gasteiger partial charge in [0.25, 0.3) is 0 Å². The summed E-state index contributed by atoms with van der Waals surface area (Å²) in [4.78, 5) is 8.00. The van der Waals surface area contributed by atoms with Crippen molar-refractivity contribution in [3.63, 3.8) is 0 Å². The Morgan fingerprint density at radius 2 is 1.59 bits per heavy atom. The molecule has 0 aromatic heterocycles. The van der Waals surface area contributed by atoms with Crippen LogP contribution in [0.25, 0.3) is 0 Å². The topological polar surface area (TPSA) is 35.5 Å². The predicted molar refractivity (Wildman–Crippen MR) is 63.6 cm³/mol. The van der Waals surface area contributed by atoms with E-state index in [1.54, 1.807) is 6.92 Å². The Kier molecular flexibility index (Phi) is 6.09. The van der Waals surface area contributed by atoms with Gasteiger partial charge in [0.05, 0.1) is 0 Å². The quantitative estimate of drug-likeness (QED) is 0.728. The maximum Gasteiger partial charge on any atom is 0.586 e. The number of hydrogen-bond donors (Lipinski definition) is 0. The highest BCUT2D eigenvalue weighted by atomic mass is 79.9. The van der Waals surface area contributed by atoms with E-state index in [9.17, 15) is 8.78 Å². The van der Waals surface area contributed by atoms with Gasteiger partial charge in [-0.05, 0) is 24.6 Å². The summed E-state index contributed by atoms with van der Waals surface area (Å²) in [6, 6.07) is 2.96. The summed E-state index contributed by atoms with van der Waals surface area (Å²) in [6.07, 6.45) is -3.53. The molecule has 3 nitrogen and oxygen atoms in total. The molecule has 0 unspecified atom stereocenters. The van der Waals surface area contributed by atoms with Crippen LogP contribution in [0.4, 0.5) is 8.78 Å². The zero-order chi connectivity index (χ0) is 13.6. The van der Waals surface area contributed by atoms with Crippen LogP contribution in [-0.2, 0) is 4.79 Å². The van der Waals surface area contributed by atoms with Gasteiger partial charge in [-0.3, -0.25) is 0 Å². The van der Waals surface area contributed by atoms with Gasteiger partial charge in [-0.2, -0.15) is 0 Å². The third-order valence-corrected chi connectivity index (χ3v) is 2.54. The second kappa shape index (κ2) is 6.54. The van der Waals surface area contributed by atoms with Gasteiger partial charge in [-0.25, -0.2) is 0 Å². The monoisotopic (exact) mass is 310 g/mol. The van der Waals surface area contributed by atoms with Gasteiger partial charge in [-0.15, -0.1) is 8.78 Å². The first kappa shape index (κ1) is 15.8. The minimum Gasteiger partial charge on any atom is -0.395 e. The van der Waals surface area contributed by atoms with Gasteiger partial charge in [0.15, 0.2) is 11.5 Å². The fourth-order valence-electron chi connectivity index (χ4n) is 1.07. The molecule has 2 rings (SSSR count). The van der Waals surface area contributed by atoms with Gasteiger partial charge in [-0.1, -0.05) is 29.8 Å². The Bertz CT molecular complexity index is 350. The molecule has 0 N–H and O–H groups in total. The van der Waals surface area contributed by atoms with Crippen LogP contribution in [0.5, 0.6) is 11.5 Å². The first-order valence-electron chi connectivity index (χ1n) is 4.83. The van der Waals surface area contributed by atoms with Crippen molar-refractivity contribution >= 4 is 22.7 Å².